The summed E-state index contributed by atoms with van der Waals surface area (Å²) in [6.07, 6.45) is 3.42. The Hall–Kier alpha value is -1.32. The van der Waals surface area contributed by atoms with Gasteiger partial charge in [0, 0.05) is 30.2 Å². The van der Waals surface area contributed by atoms with Gasteiger partial charge in [-0.05, 0) is 57.2 Å². The van der Waals surface area contributed by atoms with Crippen LogP contribution in [-0.2, 0) is 13.1 Å². The number of rotatable bonds is 8. The monoisotopic (exact) mass is 287 g/mol. The summed E-state index contributed by atoms with van der Waals surface area (Å²) in [6.45, 7) is 8.74. The predicted molar refractivity (Wildman–Crippen MR) is 91.7 cm³/mol. The van der Waals surface area contributed by atoms with Crippen molar-refractivity contribution in [3.05, 3.63) is 36.0 Å². The van der Waals surface area contributed by atoms with Crippen LogP contribution in [0.5, 0.6) is 0 Å². The van der Waals surface area contributed by atoms with E-state index < -0.39 is 0 Å². The van der Waals surface area contributed by atoms with E-state index in [4.69, 9.17) is 0 Å². The van der Waals surface area contributed by atoms with E-state index in [2.05, 4.69) is 73.2 Å². The van der Waals surface area contributed by atoms with E-state index in [0.717, 1.165) is 26.2 Å². The minimum absolute atomic E-state index is 0.694. The predicted octanol–water partition coefficient (Wildman–Crippen LogP) is 3.34. The van der Waals surface area contributed by atoms with Crippen LogP contribution in [0.15, 0.2) is 30.5 Å². The van der Waals surface area contributed by atoms with Gasteiger partial charge in [0.05, 0.1) is 0 Å². The van der Waals surface area contributed by atoms with Crippen molar-refractivity contribution in [1.29, 1.82) is 0 Å². The minimum atomic E-state index is 0.694. The molecule has 1 heterocycles. The molecule has 0 saturated carbocycles. The van der Waals surface area contributed by atoms with Crippen LogP contribution in [0, 0.1) is 5.92 Å². The summed E-state index contributed by atoms with van der Waals surface area (Å²) in [5, 5.41) is 4.93. The van der Waals surface area contributed by atoms with Crippen LogP contribution < -0.4 is 5.32 Å². The number of aromatic nitrogens is 1. The fourth-order valence-corrected chi connectivity index (χ4v) is 2.69. The van der Waals surface area contributed by atoms with Crippen molar-refractivity contribution < 1.29 is 0 Å². The van der Waals surface area contributed by atoms with Gasteiger partial charge < -0.3 is 14.8 Å². The Balaban J connectivity index is 2.06. The molecule has 0 bridgehead atoms. The zero-order valence-electron chi connectivity index (χ0n) is 13.9. The molecule has 2 aromatic rings. The Morgan fingerprint density at radius 1 is 1.19 bits per heavy atom. The first-order valence-corrected chi connectivity index (χ1v) is 8.00. The van der Waals surface area contributed by atoms with Crippen LogP contribution in [0.25, 0.3) is 10.9 Å². The molecular weight excluding hydrogens is 258 g/mol. The number of hydrogen-bond donors (Lipinski definition) is 1. The van der Waals surface area contributed by atoms with Crippen molar-refractivity contribution in [3.63, 3.8) is 0 Å². The quantitative estimate of drug-likeness (QED) is 0.803. The molecule has 0 atom stereocenters. The smallest absolute Gasteiger partial charge is 0.0483 e. The lowest BCUT2D eigenvalue weighted by molar-refractivity contribution is 0.388. The third kappa shape index (κ3) is 4.58. The third-order valence-electron chi connectivity index (χ3n) is 3.78. The van der Waals surface area contributed by atoms with Gasteiger partial charge in [-0.15, -0.1) is 0 Å². The second-order valence-electron chi connectivity index (χ2n) is 6.54. The maximum Gasteiger partial charge on any atom is 0.0483 e. The largest absolute Gasteiger partial charge is 0.347 e. The lowest BCUT2D eigenvalue weighted by Gasteiger charge is -2.11. The maximum absolute atomic E-state index is 3.54. The highest BCUT2D eigenvalue weighted by atomic mass is 15.1. The molecule has 21 heavy (non-hydrogen) atoms. The molecule has 2 rings (SSSR count). The molecule has 116 valence electrons. The van der Waals surface area contributed by atoms with Crippen LogP contribution in [-0.4, -0.2) is 36.7 Å². The highest BCUT2D eigenvalue weighted by Crippen LogP contribution is 2.20. The molecule has 3 heteroatoms. The molecule has 0 aliphatic carbocycles. The lowest BCUT2D eigenvalue weighted by Crippen LogP contribution is -2.19. The Kier molecular flexibility index (Phi) is 5.83. The average Bonchev–Trinajstić information content (AvgIpc) is 2.82. The summed E-state index contributed by atoms with van der Waals surface area (Å²) < 4.78 is 2.38. The second kappa shape index (κ2) is 7.62. The highest BCUT2D eigenvalue weighted by Gasteiger charge is 2.05. The van der Waals surface area contributed by atoms with Crippen molar-refractivity contribution in [3.8, 4) is 0 Å². The molecule has 0 aliphatic heterocycles. The molecule has 1 N–H and O–H groups in total. The molecule has 0 amide bonds. The van der Waals surface area contributed by atoms with E-state index in [1.807, 2.05) is 0 Å². The molecule has 3 nitrogen and oxygen atoms in total. The van der Waals surface area contributed by atoms with Gasteiger partial charge in [-0.1, -0.05) is 26.0 Å². The van der Waals surface area contributed by atoms with Gasteiger partial charge in [-0.25, -0.2) is 0 Å². The van der Waals surface area contributed by atoms with Crippen molar-refractivity contribution in [2.24, 2.45) is 5.92 Å². The fraction of sp³-hybridized carbons (Fsp3) is 0.556. The third-order valence-corrected chi connectivity index (χ3v) is 3.78. The second-order valence-corrected chi connectivity index (χ2v) is 6.54. The summed E-state index contributed by atoms with van der Waals surface area (Å²) in [5.41, 5.74) is 2.76. The Morgan fingerprint density at radius 3 is 2.71 bits per heavy atom. The Morgan fingerprint density at radius 2 is 2.00 bits per heavy atom. The van der Waals surface area contributed by atoms with Gasteiger partial charge in [0.2, 0.25) is 0 Å². The SMILES string of the molecule is CC(C)CNCc1cccc2c1ccn2CCCN(C)C. The molecule has 1 aromatic heterocycles. The van der Waals surface area contributed by atoms with Crippen LogP contribution >= 0.6 is 0 Å². The molecule has 0 saturated heterocycles. The first-order chi connectivity index (χ1) is 10.1. The number of benzene rings is 1. The van der Waals surface area contributed by atoms with Crippen molar-refractivity contribution >= 4 is 10.9 Å². The van der Waals surface area contributed by atoms with Crippen LogP contribution in [0.4, 0.5) is 0 Å². The molecule has 1 aromatic carbocycles. The zero-order chi connectivity index (χ0) is 15.2. The van der Waals surface area contributed by atoms with E-state index in [0.29, 0.717) is 5.92 Å². The number of fused-ring (bicyclic) bond motifs is 1. The first kappa shape index (κ1) is 16.1. The van der Waals surface area contributed by atoms with E-state index >= 15 is 0 Å². The molecule has 0 spiro atoms. The summed E-state index contributed by atoms with van der Waals surface area (Å²) >= 11 is 0. The standard InChI is InChI=1S/C18H29N3/c1-15(2)13-19-14-16-7-5-8-18-17(16)9-12-21(18)11-6-10-20(3)4/h5,7-9,12,15,19H,6,10-11,13-14H2,1-4H3. The number of nitrogens with one attached hydrogen (secondary N) is 1. The van der Waals surface area contributed by atoms with Crippen molar-refractivity contribution in [1.82, 2.24) is 14.8 Å². The van der Waals surface area contributed by atoms with Crippen molar-refractivity contribution in [2.45, 2.75) is 33.4 Å². The Labute approximate surface area is 128 Å². The average molecular weight is 287 g/mol. The van der Waals surface area contributed by atoms with Gasteiger partial charge >= 0.3 is 0 Å². The highest BCUT2D eigenvalue weighted by molar-refractivity contribution is 5.83. The lowest BCUT2D eigenvalue weighted by atomic mass is 10.1. The Bertz CT molecular complexity index is 555. The van der Waals surface area contributed by atoms with Gasteiger partial charge in [0.25, 0.3) is 0 Å². The van der Waals surface area contributed by atoms with Gasteiger partial charge in [-0.2, -0.15) is 0 Å². The summed E-state index contributed by atoms with van der Waals surface area (Å²) in [4.78, 5) is 2.24. The van der Waals surface area contributed by atoms with Crippen molar-refractivity contribution in [2.75, 3.05) is 27.2 Å². The molecular formula is C18H29N3. The normalized spacial score (nSPS) is 11.9. The van der Waals surface area contributed by atoms with Gasteiger partial charge in [0.1, 0.15) is 0 Å². The first-order valence-electron chi connectivity index (χ1n) is 8.00. The minimum Gasteiger partial charge on any atom is -0.347 e. The maximum atomic E-state index is 3.54. The number of aryl methyl sites for hydroxylation is 1. The summed E-state index contributed by atoms with van der Waals surface area (Å²) in [5.74, 6) is 0.694. The zero-order valence-corrected chi connectivity index (χ0v) is 13.9. The molecule has 0 fully saturated rings. The topological polar surface area (TPSA) is 20.2 Å². The summed E-state index contributed by atoms with van der Waals surface area (Å²) in [6, 6.07) is 8.91. The van der Waals surface area contributed by atoms with Crippen LogP contribution in [0.1, 0.15) is 25.8 Å². The van der Waals surface area contributed by atoms with Gasteiger partial charge in [0.15, 0.2) is 0 Å². The van der Waals surface area contributed by atoms with Crippen LogP contribution in [0.3, 0.4) is 0 Å². The van der Waals surface area contributed by atoms with E-state index in [-0.39, 0.29) is 0 Å². The number of hydrogen-bond acceptors (Lipinski definition) is 2. The molecule has 0 radical (unpaired) electrons. The number of nitrogens with zero attached hydrogens (tertiary/aromatic N) is 2. The van der Waals surface area contributed by atoms with E-state index in [1.165, 1.54) is 22.9 Å². The summed E-state index contributed by atoms with van der Waals surface area (Å²) in [7, 11) is 4.26. The molecule has 0 unspecified atom stereocenters. The fourth-order valence-electron chi connectivity index (χ4n) is 2.69. The van der Waals surface area contributed by atoms with E-state index in [9.17, 15) is 0 Å². The van der Waals surface area contributed by atoms with E-state index in [1.54, 1.807) is 0 Å². The molecule has 0 aliphatic rings. The van der Waals surface area contributed by atoms with Crippen LogP contribution in [0.2, 0.25) is 0 Å². The van der Waals surface area contributed by atoms with Gasteiger partial charge in [-0.3, -0.25) is 0 Å².